The van der Waals surface area contributed by atoms with E-state index in [1.54, 1.807) is 6.07 Å². The first-order valence-corrected chi connectivity index (χ1v) is 6.89. The molecule has 0 saturated carbocycles. The molecule has 5 heteroatoms. The summed E-state index contributed by atoms with van der Waals surface area (Å²) in [6.07, 6.45) is 3.54. The van der Waals surface area contributed by atoms with E-state index in [1.807, 2.05) is 0 Å². The minimum atomic E-state index is -1.62. The fourth-order valence-electron chi connectivity index (χ4n) is 2.93. The van der Waals surface area contributed by atoms with Crippen molar-refractivity contribution in [2.24, 2.45) is 0 Å². The molecule has 1 fully saturated rings. The van der Waals surface area contributed by atoms with Gasteiger partial charge >= 0.3 is 7.12 Å². The molecule has 3 nitrogen and oxygen atoms in total. The second-order valence-corrected chi connectivity index (χ2v) is 5.52. The van der Waals surface area contributed by atoms with Gasteiger partial charge in [0.2, 0.25) is 0 Å². The molecule has 1 aliphatic heterocycles. The number of rotatable bonds is 3. The van der Waals surface area contributed by atoms with Gasteiger partial charge in [0.05, 0.1) is 0 Å². The summed E-state index contributed by atoms with van der Waals surface area (Å²) in [4.78, 5) is 2.35. The minimum Gasteiger partial charge on any atom is -0.423 e. The fourth-order valence-corrected chi connectivity index (χ4v) is 2.93. The van der Waals surface area contributed by atoms with Crippen molar-refractivity contribution in [2.45, 2.75) is 51.7 Å². The highest BCUT2D eigenvalue weighted by molar-refractivity contribution is 6.59. The third kappa shape index (κ3) is 3.35. The lowest BCUT2D eigenvalue weighted by molar-refractivity contribution is 0.0955. The van der Waals surface area contributed by atoms with Gasteiger partial charge in [0.15, 0.2) is 0 Å². The lowest BCUT2D eigenvalue weighted by Crippen LogP contribution is -2.45. The zero-order valence-corrected chi connectivity index (χ0v) is 11.5. The molecule has 104 valence electrons. The Morgan fingerprint density at radius 2 is 1.89 bits per heavy atom. The molecule has 2 N–H and O–H groups in total. The molecular weight excluding hydrogens is 244 g/mol. The van der Waals surface area contributed by atoms with Crippen molar-refractivity contribution in [2.75, 3.05) is 0 Å². The monoisotopic (exact) mass is 265 g/mol. The van der Waals surface area contributed by atoms with E-state index in [2.05, 4.69) is 18.7 Å². The third-order valence-electron chi connectivity index (χ3n) is 4.12. The molecule has 1 aliphatic rings. The van der Waals surface area contributed by atoms with Crippen LogP contribution < -0.4 is 5.46 Å². The number of halogens is 1. The van der Waals surface area contributed by atoms with Crippen LogP contribution >= 0.6 is 0 Å². The lowest BCUT2D eigenvalue weighted by atomic mass is 9.76. The van der Waals surface area contributed by atoms with Gasteiger partial charge in [-0.15, -0.1) is 0 Å². The molecule has 2 unspecified atom stereocenters. The second kappa shape index (κ2) is 6.03. The number of nitrogens with zero attached hydrogens (tertiary/aromatic N) is 1. The normalized spacial score (nSPS) is 24.5. The van der Waals surface area contributed by atoms with Crippen molar-refractivity contribution in [1.29, 1.82) is 0 Å². The number of likely N-dealkylation sites (tertiary alicyclic amines) is 1. The highest BCUT2D eigenvalue weighted by Crippen LogP contribution is 2.24. The van der Waals surface area contributed by atoms with Crippen molar-refractivity contribution < 1.29 is 14.4 Å². The van der Waals surface area contributed by atoms with Gasteiger partial charge in [-0.2, -0.15) is 0 Å². The summed E-state index contributed by atoms with van der Waals surface area (Å²) in [6, 6.07) is 5.17. The quantitative estimate of drug-likeness (QED) is 0.809. The summed E-state index contributed by atoms with van der Waals surface area (Å²) in [7, 11) is -1.62. The molecule has 1 saturated heterocycles. The van der Waals surface area contributed by atoms with Crippen LogP contribution in [0.25, 0.3) is 0 Å². The lowest BCUT2D eigenvalue weighted by Gasteiger charge is -2.39. The number of benzene rings is 1. The first-order valence-electron chi connectivity index (χ1n) is 6.89. The molecule has 0 radical (unpaired) electrons. The molecule has 0 aliphatic carbocycles. The Morgan fingerprint density at radius 3 is 2.47 bits per heavy atom. The van der Waals surface area contributed by atoms with Crippen LogP contribution in [0.15, 0.2) is 18.2 Å². The van der Waals surface area contributed by atoms with Crippen molar-refractivity contribution in [3.63, 3.8) is 0 Å². The van der Waals surface area contributed by atoms with E-state index < -0.39 is 12.9 Å². The van der Waals surface area contributed by atoms with Crippen molar-refractivity contribution in [3.05, 3.63) is 29.6 Å². The molecule has 0 bridgehead atoms. The molecule has 19 heavy (non-hydrogen) atoms. The zero-order valence-electron chi connectivity index (χ0n) is 11.5. The van der Waals surface area contributed by atoms with Crippen LogP contribution in [0.2, 0.25) is 0 Å². The smallest absolute Gasteiger partial charge is 0.423 e. The van der Waals surface area contributed by atoms with Gasteiger partial charge in [0.25, 0.3) is 0 Å². The van der Waals surface area contributed by atoms with E-state index in [0.717, 1.165) is 18.4 Å². The van der Waals surface area contributed by atoms with Gasteiger partial charge in [0.1, 0.15) is 5.82 Å². The number of piperidine rings is 1. The summed E-state index contributed by atoms with van der Waals surface area (Å²) >= 11 is 0. The van der Waals surface area contributed by atoms with E-state index in [1.165, 1.54) is 18.6 Å². The molecule has 1 aromatic carbocycles. The van der Waals surface area contributed by atoms with Gasteiger partial charge in [-0.05, 0) is 49.8 Å². The van der Waals surface area contributed by atoms with Crippen LogP contribution in [0.3, 0.4) is 0 Å². The summed E-state index contributed by atoms with van der Waals surface area (Å²) in [5, 5.41) is 18.7. The number of hydrogen-bond acceptors (Lipinski definition) is 3. The maximum atomic E-state index is 13.2. The van der Waals surface area contributed by atoms with Gasteiger partial charge in [0, 0.05) is 18.6 Å². The topological polar surface area (TPSA) is 43.7 Å². The predicted octanol–water partition coefficient (Wildman–Crippen LogP) is 1.27. The molecule has 0 aromatic heterocycles. The van der Waals surface area contributed by atoms with Crippen molar-refractivity contribution in [3.8, 4) is 0 Å². The van der Waals surface area contributed by atoms with Crippen LogP contribution in [0, 0.1) is 5.82 Å². The first-order chi connectivity index (χ1) is 8.99. The fraction of sp³-hybridized carbons (Fsp3) is 0.571. The van der Waals surface area contributed by atoms with Gasteiger partial charge < -0.3 is 10.0 Å². The molecule has 1 heterocycles. The SMILES string of the molecule is CC1CCCC(C)N1Cc1ccc(F)cc1B(O)O. The molecule has 2 rings (SSSR count). The predicted molar refractivity (Wildman–Crippen MR) is 74.5 cm³/mol. The van der Waals surface area contributed by atoms with Gasteiger partial charge in [-0.1, -0.05) is 12.5 Å². The van der Waals surface area contributed by atoms with E-state index in [4.69, 9.17) is 0 Å². The summed E-state index contributed by atoms with van der Waals surface area (Å²) in [5.74, 6) is -0.438. The average molecular weight is 265 g/mol. The summed E-state index contributed by atoms with van der Waals surface area (Å²) in [5.41, 5.74) is 1.06. The van der Waals surface area contributed by atoms with E-state index in [-0.39, 0.29) is 5.46 Å². The first kappa shape index (κ1) is 14.5. The van der Waals surface area contributed by atoms with E-state index in [0.29, 0.717) is 18.6 Å². The van der Waals surface area contributed by atoms with Crippen molar-refractivity contribution >= 4 is 12.6 Å². The van der Waals surface area contributed by atoms with Crippen LogP contribution in [-0.2, 0) is 6.54 Å². The van der Waals surface area contributed by atoms with E-state index in [9.17, 15) is 14.4 Å². The van der Waals surface area contributed by atoms with Gasteiger partial charge in [-0.3, -0.25) is 4.90 Å². The van der Waals surface area contributed by atoms with Crippen LogP contribution in [0.1, 0.15) is 38.7 Å². The van der Waals surface area contributed by atoms with E-state index >= 15 is 0 Å². The molecule has 2 atom stereocenters. The Labute approximate surface area is 114 Å². The standard InChI is InChI=1S/C14H21BFNO2/c1-10-4-3-5-11(2)17(10)9-12-6-7-13(16)8-14(12)15(18)19/h6-8,10-11,18-19H,3-5,9H2,1-2H3. The van der Waals surface area contributed by atoms with Gasteiger partial charge in [-0.25, -0.2) is 4.39 Å². The largest absolute Gasteiger partial charge is 0.488 e. The Morgan fingerprint density at radius 1 is 1.26 bits per heavy atom. The maximum Gasteiger partial charge on any atom is 0.488 e. The zero-order chi connectivity index (χ0) is 14.0. The van der Waals surface area contributed by atoms with Crippen LogP contribution in [-0.4, -0.2) is 34.2 Å². The minimum absolute atomic E-state index is 0.268. The molecule has 0 amide bonds. The maximum absolute atomic E-state index is 13.2. The van der Waals surface area contributed by atoms with Crippen LogP contribution in [0.5, 0.6) is 0 Å². The Balaban J connectivity index is 2.22. The number of hydrogen-bond donors (Lipinski definition) is 2. The highest BCUT2D eigenvalue weighted by Gasteiger charge is 2.26. The average Bonchev–Trinajstić information content (AvgIpc) is 2.35. The molecular formula is C14H21BFNO2. The van der Waals surface area contributed by atoms with Crippen molar-refractivity contribution in [1.82, 2.24) is 4.90 Å². The second-order valence-electron chi connectivity index (χ2n) is 5.52. The summed E-state index contributed by atoms with van der Waals surface area (Å²) < 4.78 is 13.2. The Kier molecular flexibility index (Phi) is 4.60. The Hall–Kier alpha value is -0.905. The third-order valence-corrected chi connectivity index (χ3v) is 4.12. The van der Waals surface area contributed by atoms with Crippen LogP contribution in [0.4, 0.5) is 4.39 Å². The molecule has 0 spiro atoms. The molecule has 1 aromatic rings. The Bertz CT molecular complexity index is 431. The highest BCUT2D eigenvalue weighted by atomic mass is 19.1. The summed E-state index contributed by atoms with van der Waals surface area (Å²) in [6.45, 7) is 5.01.